The summed E-state index contributed by atoms with van der Waals surface area (Å²) in [4.78, 5) is 0. The van der Waals surface area contributed by atoms with Crippen molar-refractivity contribution in [1.29, 1.82) is 0 Å². The molecule has 41 valence electrons. The van der Waals surface area contributed by atoms with Crippen LogP contribution in [0.25, 0.3) is 0 Å². The number of hydrogen-bond acceptors (Lipinski definition) is 1. The zero-order chi connectivity index (χ0) is 5.70. The van der Waals surface area contributed by atoms with Crippen LogP contribution in [0.5, 0.6) is 0 Å². The molecule has 0 atom stereocenters. The number of aliphatic hydroxyl groups is 1. The molecule has 0 aliphatic rings. The van der Waals surface area contributed by atoms with E-state index in [2.05, 4.69) is 0 Å². The first-order valence-corrected chi connectivity index (χ1v) is 2.37. The smallest absolute Gasteiger partial charge is 0.0639 e. The van der Waals surface area contributed by atoms with Crippen molar-refractivity contribution in [2.45, 2.75) is 13.8 Å². The first-order valence-electron chi connectivity index (χ1n) is 2.37. The number of rotatable bonds is 2. The average Bonchev–Trinajstić information content (AvgIpc) is 1.68. The van der Waals surface area contributed by atoms with Gasteiger partial charge in [0.2, 0.25) is 0 Å². The van der Waals surface area contributed by atoms with Crippen molar-refractivity contribution in [2.24, 2.45) is 0 Å². The molecule has 0 rings (SSSR count). The van der Waals surface area contributed by atoms with E-state index in [-0.39, 0.29) is 6.61 Å². The maximum absolute atomic E-state index is 8.38. The van der Waals surface area contributed by atoms with E-state index >= 15 is 0 Å². The van der Waals surface area contributed by atoms with Crippen LogP contribution in [-0.2, 0) is 0 Å². The molecule has 0 amide bonds. The van der Waals surface area contributed by atoms with Gasteiger partial charge in [-0.3, -0.25) is 0 Å². The Morgan fingerprint density at radius 3 is 2.43 bits per heavy atom. The fourth-order valence-corrected chi connectivity index (χ4v) is 0.337. The summed E-state index contributed by atoms with van der Waals surface area (Å²) in [6.07, 6.45) is 3.80. The van der Waals surface area contributed by atoms with E-state index in [4.69, 9.17) is 5.11 Å². The molecule has 0 bridgehead atoms. The van der Waals surface area contributed by atoms with Gasteiger partial charge in [-0.2, -0.15) is 0 Å². The molecule has 0 saturated heterocycles. The third kappa shape index (κ3) is 3.53. The quantitative estimate of drug-likeness (QED) is 0.550. The largest absolute Gasteiger partial charge is 0.392 e. The molecule has 0 aromatic heterocycles. The summed E-state index contributed by atoms with van der Waals surface area (Å²) in [5.74, 6) is 0. The fourth-order valence-electron chi connectivity index (χ4n) is 0.337. The van der Waals surface area contributed by atoms with Crippen molar-refractivity contribution in [2.75, 3.05) is 6.61 Å². The Hall–Kier alpha value is -0.300. The summed E-state index contributed by atoms with van der Waals surface area (Å²) in [6, 6.07) is 0. The molecule has 0 unspecified atom stereocenters. The van der Waals surface area contributed by atoms with Gasteiger partial charge in [0.05, 0.1) is 6.61 Å². The van der Waals surface area contributed by atoms with E-state index in [0.29, 0.717) is 0 Å². The first kappa shape index (κ1) is 6.70. The Morgan fingerprint density at radius 2 is 2.29 bits per heavy atom. The van der Waals surface area contributed by atoms with Crippen LogP contribution in [0.3, 0.4) is 0 Å². The average molecular weight is 99.2 g/mol. The minimum Gasteiger partial charge on any atom is -0.392 e. The lowest BCUT2D eigenvalue weighted by Crippen LogP contribution is -1.81. The zero-order valence-electron chi connectivity index (χ0n) is 4.81. The normalized spacial score (nSPS) is 12.1. The Labute approximate surface area is 44.7 Å². The highest BCUT2D eigenvalue weighted by atomic mass is 16.3. The van der Waals surface area contributed by atoms with Crippen molar-refractivity contribution in [3.63, 3.8) is 0 Å². The Balaban J connectivity index is 3.29. The molecule has 0 aromatic rings. The molecule has 0 aliphatic heterocycles. The Morgan fingerprint density at radius 1 is 1.71 bits per heavy atom. The van der Waals surface area contributed by atoms with E-state index < -0.39 is 0 Å². The molecule has 0 heterocycles. The molecule has 0 saturated carbocycles. The van der Waals surface area contributed by atoms with Gasteiger partial charge in [-0.05, 0) is 13.3 Å². The third-order valence-corrected chi connectivity index (χ3v) is 0.701. The Bertz CT molecular complexity index is 64.6. The monoisotopic (exact) mass is 99.1 g/mol. The second-order valence-corrected chi connectivity index (χ2v) is 1.50. The van der Waals surface area contributed by atoms with Crippen molar-refractivity contribution in [1.82, 2.24) is 0 Å². The molecule has 0 aromatic carbocycles. The van der Waals surface area contributed by atoms with Crippen LogP contribution in [0.2, 0.25) is 0 Å². The highest BCUT2D eigenvalue weighted by molar-refractivity contribution is 5.03. The van der Waals surface area contributed by atoms with E-state index in [1.54, 1.807) is 0 Å². The molecule has 7 heavy (non-hydrogen) atoms. The summed E-state index contributed by atoms with van der Waals surface area (Å²) in [6.45, 7) is 3.99. The summed E-state index contributed by atoms with van der Waals surface area (Å²) < 4.78 is 0. The van der Waals surface area contributed by atoms with E-state index in [1.165, 1.54) is 0 Å². The number of allylic oxidation sites excluding steroid dienone is 1. The topological polar surface area (TPSA) is 20.2 Å². The van der Waals surface area contributed by atoms with Gasteiger partial charge in [0.1, 0.15) is 0 Å². The summed E-state index contributed by atoms with van der Waals surface area (Å²) in [5.41, 5.74) is 1.00. The number of hydrogen-bond donors (Lipinski definition) is 1. The van der Waals surface area contributed by atoms with Crippen molar-refractivity contribution >= 4 is 0 Å². The van der Waals surface area contributed by atoms with Crippen LogP contribution in [-0.4, -0.2) is 11.7 Å². The van der Waals surface area contributed by atoms with Gasteiger partial charge >= 0.3 is 0 Å². The fraction of sp³-hybridized carbons (Fsp3) is 0.500. The second kappa shape index (κ2) is 3.88. The molecule has 0 aliphatic carbocycles. The minimum atomic E-state index is 0.171. The van der Waals surface area contributed by atoms with Crippen molar-refractivity contribution in [3.05, 3.63) is 18.1 Å². The highest BCUT2D eigenvalue weighted by Crippen LogP contribution is 1.89. The minimum absolute atomic E-state index is 0.171. The van der Waals surface area contributed by atoms with Gasteiger partial charge in [0, 0.05) is 0 Å². The van der Waals surface area contributed by atoms with E-state index in [0.717, 1.165) is 5.57 Å². The standard InChI is InChI=1S/C6H11O/c1-3-4-6(2)5-7/h3-4,7H,5H2,1-2H3. The third-order valence-electron chi connectivity index (χ3n) is 0.701. The van der Waals surface area contributed by atoms with Crippen LogP contribution >= 0.6 is 0 Å². The van der Waals surface area contributed by atoms with Crippen LogP contribution in [0.1, 0.15) is 13.8 Å². The van der Waals surface area contributed by atoms with Gasteiger partial charge in [-0.25, -0.2) is 0 Å². The molecule has 1 N–H and O–H groups in total. The van der Waals surface area contributed by atoms with Gasteiger partial charge in [-0.15, -0.1) is 0 Å². The van der Waals surface area contributed by atoms with Crippen LogP contribution < -0.4 is 0 Å². The molecular weight excluding hydrogens is 88.1 g/mol. The van der Waals surface area contributed by atoms with Gasteiger partial charge < -0.3 is 5.11 Å². The Kier molecular flexibility index (Phi) is 3.71. The van der Waals surface area contributed by atoms with Crippen LogP contribution in [0.15, 0.2) is 11.6 Å². The predicted octanol–water partition coefficient (Wildman–Crippen LogP) is 1.15. The van der Waals surface area contributed by atoms with Crippen LogP contribution in [0, 0.1) is 6.42 Å². The SMILES string of the molecule is C[CH]C=C(C)CO. The molecule has 0 fully saturated rings. The molecular formula is C6H11O. The molecule has 0 spiro atoms. The molecule has 1 heteroatoms. The predicted molar refractivity (Wildman–Crippen MR) is 30.8 cm³/mol. The van der Waals surface area contributed by atoms with E-state index in [9.17, 15) is 0 Å². The van der Waals surface area contributed by atoms with E-state index in [1.807, 2.05) is 26.3 Å². The maximum Gasteiger partial charge on any atom is 0.0639 e. The lowest BCUT2D eigenvalue weighted by atomic mass is 10.3. The highest BCUT2D eigenvalue weighted by Gasteiger charge is 1.78. The summed E-state index contributed by atoms with van der Waals surface area (Å²) in [5, 5.41) is 8.38. The molecule has 1 radical (unpaired) electrons. The summed E-state index contributed by atoms with van der Waals surface area (Å²) >= 11 is 0. The molecule has 1 nitrogen and oxygen atoms in total. The van der Waals surface area contributed by atoms with Crippen LogP contribution in [0.4, 0.5) is 0 Å². The van der Waals surface area contributed by atoms with Gasteiger partial charge in [-0.1, -0.05) is 18.6 Å². The first-order chi connectivity index (χ1) is 3.31. The lowest BCUT2D eigenvalue weighted by molar-refractivity contribution is 0.331. The van der Waals surface area contributed by atoms with Crippen molar-refractivity contribution < 1.29 is 5.11 Å². The van der Waals surface area contributed by atoms with Gasteiger partial charge in [0.25, 0.3) is 0 Å². The lowest BCUT2D eigenvalue weighted by Gasteiger charge is -1.87. The summed E-state index contributed by atoms with van der Waals surface area (Å²) in [7, 11) is 0. The number of aliphatic hydroxyl groups excluding tert-OH is 1. The maximum atomic E-state index is 8.38. The second-order valence-electron chi connectivity index (χ2n) is 1.50. The van der Waals surface area contributed by atoms with Crippen molar-refractivity contribution in [3.8, 4) is 0 Å². The van der Waals surface area contributed by atoms with Gasteiger partial charge in [0.15, 0.2) is 0 Å². The zero-order valence-corrected chi connectivity index (χ0v) is 4.81.